The molecule has 0 aromatic heterocycles. The molecule has 0 saturated heterocycles. The summed E-state index contributed by atoms with van der Waals surface area (Å²) in [4.78, 5) is 12.1. The van der Waals surface area contributed by atoms with Crippen molar-refractivity contribution in [1.29, 1.82) is 0 Å². The fraction of sp³-hybridized carbons (Fsp3) is 0.0417. The van der Waals surface area contributed by atoms with Gasteiger partial charge in [0.05, 0.1) is 10.7 Å². The summed E-state index contributed by atoms with van der Waals surface area (Å²) in [6.45, 7) is 5.33. The van der Waals surface area contributed by atoms with Crippen LogP contribution >= 0.6 is 23.4 Å². The normalized spacial score (nSPS) is 14.6. The molecule has 0 saturated carbocycles. The highest BCUT2D eigenvalue weighted by molar-refractivity contribution is 8.06. The van der Waals surface area contributed by atoms with Crippen molar-refractivity contribution in [2.45, 2.75) is 6.92 Å². The molecule has 0 amide bonds. The molecule has 1 heterocycles. The lowest BCUT2D eigenvalue weighted by Gasteiger charge is -2.09. The van der Waals surface area contributed by atoms with E-state index in [9.17, 15) is 4.79 Å². The lowest BCUT2D eigenvalue weighted by Crippen LogP contribution is -2.06. The summed E-state index contributed by atoms with van der Waals surface area (Å²) >= 11 is 7.78. The number of carbonyl (C=O) groups excluding carboxylic acids is 1. The Bertz CT molecular complexity index is 1190. The summed E-state index contributed by atoms with van der Waals surface area (Å²) < 4.78 is 5.74. The van der Waals surface area contributed by atoms with E-state index in [2.05, 4.69) is 47.6 Å². The van der Waals surface area contributed by atoms with Gasteiger partial charge in [0.25, 0.3) is 0 Å². The van der Waals surface area contributed by atoms with Crippen LogP contribution < -0.4 is 10.1 Å². The van der Waals surface area contributed by atoms with Gasteiger partial charge in [-0.3, -0.25) is 4.79 Å². The van der Waals surface area contributed by atoms with Crippen LogP contribution in [0.1, 0.15) is 22.8 Å². The molecule has 0 fully saturated rings. The molecule has 0 unspecified atom stereocenters. The van der Waals surface area contributed by atoms with Crippen LogP contribution in [0.2, 0.25) is 5.02 Å². The number of benzene rings is 3. The number of Topliss-reactive ketones (excluding diaryl/α,β-unsaturated/α-hetero) is 1. The van der Waals surface area contributed by atoms with Crippen LogP contribution in [-0.4, -0.2) is 5.78 Å². The number of hydrogen-bond acceptors (Lipinski definition) is 4. The average Bonchev–Trinajstić information content (AvgIpc) is 3.20. The van der Waals surface area contributed by atoms with Crippen molar-refractivity contribution in [3.63, 3.8) is 0 Å². The fourth-order valence-electron chi connectivity index (χ4n) is 3.07. The van der Waals surface area contributed by atoms with Crippen molar-refractivity contribution in [1.82, 2.24) is 5.32 Å². The summed E-state index contributed by atoms with van der Waals surface area (Å²) in [7, 11) is 0. The van der Waals surface area contributed by atoms with Crippen molar-refractivity contribution >= 4 is 45.6 Å². The zero-order chi connectivity index (χ0) is 20.4. The monoisotopic (exact) mass is 419 g/mol. The molecule has 3 nitrogen and oxygen atoms in total. The van der Waals surface area contributed by atoms with Crippen LogP contribution in [0.3, 0.4) is 0 Å². The Balaban J connectivity index is 1.49. The second-order valence-corrected chi connectivity index (χ2v) is 7.97. The van der Waals surface area contributed by atoms with Gasteiger partial charge in [0.15, 0.2) is 5.78 Å². The van der Waals surface area contributed by atoms with Gasteiger partial charge in [-0.05, 0) is 35.4 Å². The number of carbonyl (C=O) groups is 1. The van der Waals surface area contributed by atoms with E-state index >= 15 is 0 Å². The van der Waals surface area contributed by atoms with Gasteiger partial charge in [-0.25, -0.2) is 0 Å². The summed E-state index contributed by atoms with van der Waals surface area (Å²) in [5.74, 6) is 0.388. The Kier molecular flexibility index (Phi) is 5.47. The van der Waals surface area contributed by atoms with E-state index in [4.69, 9.17) is 16.3 Å². The van der Waals surface area contributed by atoms with Gasteiger partial charge in [0.2, 0.25) is 0 Å². The van der Waals surface area contributed by atoms with E-state index < -0.39 is 0 Å². The Morgan fingerprint density at radius 1 is 1.14 bits per heavy atom. The molecule has 5 heteroatoms. The molecule has 0 bridgehead atoms. The Labute approximate surface area is 178 Å². The molecule has 144 valence electrons. The maximum Gasteiger partial charge on any atom is 0.189 e. The second kappa shape index (κ2) is 8.19. The standard InChI is InChI=1S/C24H18ClNO2S/c1-15(2)24(27)20-11-10-17(12-21(20)25)28-13-23-26-22(14-29-23)19-9-5-7-16-6-3-4-8-18(16)19/h3-14,26H,1H2,2H3. The highest BCUT2D eigenvalue weighted by Gasteiger charge is 2.15. The smallest absolute Gasteiger partial charge is 0.189 e. The van der Waals surface area contributed by atoms with Gasteiger partial charge in [-0.15, -0.1) is 0 Å². The van der Waals surface area contributed by atoms with Gasteiger partial charge in [-0.2, -0.15) is 0 Å². The molecular formula is C24H18ClNO2S. The molecule has 29 heavy (non-hydrogen) atoms. The SMILES string of the molecule is C=C(C)C(=O)c1ccc(OC=C2NC(c3cccc4ccccc34)=CS2)cc1Cl. The molecular weight excluding hydrogens is 402 g/mol. The summed E-state index contributed by atoms with van der Waals surface area (Å²) in [5.41, 5.74) is 3.04. The molecule has 1 aliphatic heterocycles. The zero-order valence-corrected chi connectivity index (χ0v) is 17.3. The number of rotatable bonds is 5. The van der Waals surface area contributed by atoms with Crippen molar-refractivity contribution < 1.29 is 9.53 Å². The number of hydrogen-bond donors (Lipinski definition) is 1. The third kappa shape index (κ3) is 4.09. The number of nitrogens with one attached hydrogen (secondary N) is 1. The highest BCUT2D eigenvalue weighted by Crippen LogP contribution is 2.34. The lowest BCUT2D eigenvalue weighted by molar-refractivity contribution is 0.103. The van der Waals surface area contributed by atoms with E-state index in [0.717, 1.165) is 16.3 Å². The predicted octanol–water partition coefficient (Wildman–Crippen LogP) is 6.76. The number of halogens is 1. The van der Waals surface area contributed by atoms with E-state index in [1.165, 1.54) is 10.8 Å². The number of thioether (sulfide) groups is 1. The topological polar surface area (TPSA) is 38.3 Å². The first-order chi connectivity index (χ1) is 14.0. The summed E-state index contributed by atoms with van der Waals surface area (Å²) in [6.07, 6.45) is 1.64. The van der Waals surface area contributed by atoms with Gasteiger partial charge in [0, 0.05) is 22.6 Å². The van der Waals surface area contributed by atoms with Crippen LogP contribution in [0.4, 0.5) is 0 Å². The minimum absolute atomic E-state index is 0.170. The third-order valence-electron chi connectivity index (χ3n) is 4.52. The Morgan fingerprint density at radius 3 is 2.72 bits per heavy atom. The first-order valence-electron chi connectivity index (χ1n) is 9.01. The van der Waals surface area contributed by atoms with Crippen LogP contribution in [0, 0.1) is 0 Å². The molecule has 0 aliphatic carbocycles. The van der Waals surface area contributed by atoms with Crippen molar-refractivity contribution in [3.05, 3.63) is 106 Å². The molecule has 4 rings (SSSR count). The minimum atomic E-state index is -0.170. The van der Waals surface area contributed by atoms with E-state index in [0.29, 0.717) is 21.9 Å². The molecule has 1 aliphatic rings. The van der Waals surface area contributed by atoms with Crippen LogP contribution in [0.25, 0.3) is 16.5 Å². The maximum atomic E-state index is 12.1. The van der Waals surface area contributed by atoms with Crippen molar-refractivity contribution in [2.75, 3.05) is 0 Å². The summed E-state index contributed by atoms with van der Waals surface area (Å²) in [5, 5.41) is 9.06. The average molecular weight is 420 g/mol. The molecule has 0 atom stereocenters. The quantitative estimate of drug-likeness (QED) is 0.281. The number of ketones is 1. The van der Waals surface area contributed by atoms with Crippen LogP contribution in [-0.2, 0) is 0 Å². The molecule has 0 spiro atoms. The van der Waals surface area contributed by atoms with Crippen LogP contribution in [0.5, 0.6) is 5.75 Å². The number of ether oxygens (including phenoxy) is 1. The largest absolute Gasteiger partial charge is 0.462 e. The van der Waals surface area contributed by atoms with Gasteiger partial charge < -0.3 is 10.1 Å². The fourth-order valence-corrected chi connectivity index (χ4v) is 4.03. The first kappa shape index (κ1) is 19.4. The maximum absolute atomic E-state index is 12.1. The van der Waals surface area contributed by atoms with Gasteiger partial charge in [-0.1, -0.05) is 72.4 Å². The Hall–Kier alpha value is -2.95. The molecule has 0 radical (unpaired) electrons. The van der Waals surface area contributed by atoms with E-state index in [-0.39, 0.29) is 5.78 Å². The van der Waals surface area contributed by atoms with Crippen molar-refractivity contribution in [3.8, 4) is 5.75 Å². The van der Waals surface area contributed by atoms with Gasteiger partial charge >= 0.3 is 0 Å². The molecule has 1 N–H and O–H groups in total. The third-order valence-corrected chi connectivity index (χ3v) is 5.63. The molecule has 3 aromatic rings. The van der Waals surface area contributed by atoms with E-state index in [1.54, 1.807) is 43.1 Å². The summed E-state index contributed by atoms with van der Waals surface area (Å²) in [6, 6.07) is 19.6. The van der Waals surface area contributed by atoms with Gasteiger partial charge in [0.1, 0.15) is 17.0 Å². The van der Waals surface area contributed by atoms with Crippen LogP contribution in [0.15, 0.2) is 89.5 Å². The van der Waals surface area contributed by atoms with E-state index in [1.807, 2.05) is 12.1 Å². The highest BCUT2D eigenvalue weighted by atomic mass is 35.5. The molecule has 3 aromatic carbocycles. The van der Waals surface area contributed by atoms with Crippen molar-refractivity contribution in [2.24, 2.45) is 0 Å². The Morgan fingerprint density at radius 2 is 1.93 bits per heavy atom. The number of fused-ring (bicyclic) bond motifs is 1. The number of allylic oxidation sites excluding steroid dienone is 1. The predicted molar refractivity (Wildman–Crippen MR) is 122 cm³/mol. The zero-order valence-electron chi connectivity index (χ0n) is 15.7. The first-order valence-corrected chi connectivity index (χ1v) is 10.3. The lowest BCUT2D eigenvalue weighted by atomic mass is 10.0. The minimum Gasteiger partial charge on any atom is -0.462 e. The second-order valence-electron chi connectivity index (χ2n) is 6.65.